The minimum atomic E-state index is -0.819. The summed E-state index contributed by atoms with van der Waals surface area (Å²) in [7, 11) is 0. The molecule has 2 heterocycles. The number of hydrogen-bond acceptors (Lipinski definition) is 3. The highest BCUT2D eigenvalue weighted by atomic mass is 19.1. The standard InChI is InChI=1S/C17H19FN2O4/c18-13-1-3-14(4-2-13)20-10-12(9-15(20)21)16(22)19-7-5-11(6-8-19)17(23)24/h1-4,11-12H,5-10H2,(H,23,24)/t12-/m1/s1. The molecule has 0 aromatic heterocycles. The van der Waals surface area contributed by atoms with Gasteiger partial charge in [0, 0.05) is 31.7 Å². The van der Waals surface area contributed by atoms with Crippen LogP contribution in [0, 0.1) is 17.7 Å². The van der Waals surface area contributed by atoms with Gasteiger partial charge in [0.2, 0.25) is 11.8 Å². The summed E-state index contributed by atoms with van der Waals surface area (Å²) in [5.74, 6) is -2.27. The van der Waals surface area contributed by atoms with E-state index < -0.39 is 17.8 Å². The van der Waals surface area contributed by atoms with Crippen LogP contribution in [0.4, 0.5) is 10.1 Å². The smallest absolute Gasteiger partial charge is 0.306 e. The van der Waals surface area contributed by atoms with Crippen LogP contribution in [0.2, 0.25) is 0 Å². The van der Waals surface area contributed by atoms with E-state index in [-0.39, 0.29) is 30.6 Å². The Morgan fingerprint density at radius 1 is 1.08 bits per heavy atom. The third-order valence-electron chi connectivity index (χ3n) is 4.77. The summed E-state index contributed by atoms with van der Waals surface area (Å²) in [5.41, 5.74) is 0.585. The Morgan fingerprint density at radius 3 is 2.29 bits per heavy atom. The molecule has 2 aliphatic heterocycles. The third kappa shape index (κ3) is 3.25. The number of carbonyl (C=O) groups excluding carboxylic acids is 2. The number of piperidine rings is 1. The van der Waals surface area contributed by atoms with Crippen molar-refractivity contribution in [2.75, 3.05) is 24.5 Å². The van der Waals surface area contributed by atoms with Crippen LogP contribution < -0.4 is 4.90 Å². The summed E-state index contributed by atoms with van der Waals surface area (Å²) >= 11 is 0. The molecule has 6 nitrogen and oxygen atoms in total. The first kappa shape index (κ1) is 16.4. The molecule has 0 saturated carbocycles. The molecule has 2 fully saturated rings. The highest BCUT2D eigenvalue weighted by molar-refractivity contribution is 6.00. The minimum Gasteiger partial charge on any atom is -0.481 e. The highest BCUT2D eigenvalue weighted by Gasteiger charge is 2.38. The Balaban J connectivity index is 1.62. The summed E-state index contributed by atoms with van der Waals surface area (Å²) in [6, 6.07) is 5.62. The largest absolute Gasteiger partial charge is 0.481 e. The number of hydrogen-bond donors (Lipinski definition) is 1. The van der Waals surface area contributed by atoms with Gasteiger partial charge in [-0.25, -0.2) is 4.39 Å². The molecule has 1 atom stereocenters. The van der Waals surface area contributed by atoms with Crippen LogP contribution in [0.1, 0.15) is 19.3 Å². The highest BCUT2D eigenvalue weighted by Crippen LogP contribution is 2.28. The Labute approximate surface area is 138 Å². The second kappa shape index (κ2) is 6.59. The molecule has 0 radical (unpaired) electrons. The maximum absolute atomic E-state index is 13.0. The van der Waals surface area contributed by atoms with Gasteiger partial charge < -0.3 is 14.9 Å². The van der Waals surface area contributed by atoms with Crippen LogP contribution in [-0.2, 0) is 14.4 Å². The number of likely N-dealkylation sites (tertiary alicyclic amines) is 1. The second-order valence-electron chi connectivity index (χ2n) is 6.32. The van der Waals surface area contributed by atoms with Crippen LogP contribution in [0.5, 0.6) is 0 Å². The zero-order valence-corrected chi connectivity index (χ0v) is 13.2. The molecule has 0 aliphatic carbocycles. The molecule has 3 rings (SSSR count). The lowest BCUT2D eigenvalue weighted by atomic mass is 9.95. The molecule has 2 amide bonds. The van der Waals surface area contributed by atoms with Crippen LogP contribution in [0.25, 0.3) is 0 Å². The average Bonchev–Trinajstić information content (AvgIpc) is 2.97. The molecule has 1 aromatic rings. The molecule has 128 valence electrons. The number of aliphatic carboxylic acids is 1. The minimum absolute atomic E-state index is 0.100. The van der Waals surface area contributed by atoms with Crippen molar-refractivity contribution in [3.8, 4) is 0 Å². The van der Waals surface area contributed by atoms with Crippen LogP contribution in [0.15, 0.2) is 24.3 Å². The lowest BCUT2D eigenvalue weighted by molar-refractivity contribution is -0.146. The van der Waals surface area contributed by atoms with Gasteiger partial charge in [-0.1, -0.05) is 0 Å². The van der Waals surface area contributed by atoms with Gasteiger partial charge in [-0.15, -0.1) is 0 Å². The predicted molar refractivity (Wildman–Crippen MR) is 83.8 cm³/mol. The molecule has 2 aliphatic rings. The zero-order valence-electron chi connectivity index (χ0n) is 13.2. The maximum Gasteiger partial charge on any atom is 0.306 e. The van der Waals surface area contributed by atoms with Crippen molar-refractivity contribution in [1.82, 2.24) is 4.90 Å². The number of carbonyl (C=O) groups is 3. The van der Waals surface area contributed by atoms with Gasteiger partial charge in [-0.3, -0.25) is 14.4 Å². The third-order valence-corrected chi connectivity index (χ3v) is 4.77. The van der Waals surface area contributed by atoms with E-state index >= 15 is 0 Å². The van der Waals surface area contributed by atoms with Crippen LogP contribution >= 0.6 is 0 Å². The maximum atomic E-state index is 13.0. The van der Waals surface area contributed by atoms with E-state index in [9.17, 15) is 18.8 Å². The topological polar surface area (TPSA) is 77.9 Å². The van der Waals surface area contributed by atoms with Crippen molar-refractivity contribution in [2.45, 2.75) is 19.3 Å². The summed E-state index contributed by atoms with van der Waals surface area (Å²) in [6.07, 6.45) is 1.03. The first-order chi connectivity index (χ1) is 11.5. The van der Waals surface area contributed by atoms with Gasteiger partial charge in [0.1, 0.15) is 5.82 Å². The van der Waals surface area contributed by atoms with Crippen LogP contribution in [-0.4, -0.2) is 47.4 Å². The van der Waals surface area contributed by atoms with Gasteiger partial charge in [0.15, 0.2) is 0 Å². The normalized spacial score (nSPS) is 22.0. The second-order valence-corrected chi connectivity index (χ2v) is 6.32. The number of anilines is 1. The predicted octanol–water partition coefficient (Wildman–Crippen LogP) is 1.50. The first-order valence-corrected chi connectivity index (χ1v) is 8.03. The number of nitrogens with zero attached hydrogens (tertiary/aromatic N) is 2. The molecule has 1 aromatic carbocycles. The van der Waals surface area contributed by atoms with Gasteiger partial charge in [-0.05, 0) is 37.1 Å². The van der Waals surface area contributed by atoms with Crippen molar-refractivity contribution in [3.63, 3.8) is 0 Å². The Hall–Kier alpha value is -2.44. The molecular weight excluding hydrogens is 315 g/mol. The van der Waals surface area contributed by atoms with E-state index in [1.807, 2.05) is 0 Å². The van der Waals surface area contributed by atoms with E-state index in [0.29, 0.717) is 31.6 Å². The van der Waals surface area contributed by atoms with Crippen molar-refractivity contribution < 1.29 is 23.9 Å². The number of halogens is 1. The van der Waals surface area contributed by atoms with E-state index in [4.69, 9.17) is 5.11 Å². The van der Waals surface area contributed by atoms with E-state index in [0.717, 1.165) is 0 Å². The molecule has 2 saturated heterocycles. The Bertz CT molecular complexity index is 653. The van der Waals surface area contributed by atoms with E-state index in [2.05, 4.69) is 0 Å². The Morgan fingerprint density at radius 2 is 1.71 bits per heavy atom. The molecular formula is C17H19FN2O4. The van der Waals surface area contributed by atoms with E-state index in [1.54, 1.807) is 4.90 Å². The molecule has 1 N–H and O–H groups in total. The lowest BCUT2D eigenvalue weighted by Gasteiger charge is -2.31. The van der Waals surface area contributed by atoms with Gasteiger partial charge in [0.25, 0.3) is 0 Å². The SMILES string of the molecule is O=C(O)C1CCN(C(=O)[C@@H]2CC(=O)N(c3ccc(F)cc3)C2)CC1. The van der Waals surface area contributed by atoms with Crippen LogP contribution in [0.3, 0.4) is 0 Å². The summed E-state index contributed by atoms with van der Waals surface area (Å²) in [4.78, 5) is 38.9. The molecule has 0 bridgehead atoms. The fraction of sp³-hybridized carbons (Fsp3) is 0.471. The van der Waals surface area contributed by atoms with Crippen molar-refractivity contribution in [1.29, 1.82) is 0 Å². The fourth-order valence-corrected chi connectivity index (χ4v) is 3.35. The number of carboxylic acids is 1. The fourth-order valence-electron chi connectivity index (χ4n) is 3.35. The molecule has 0 unspecified atom stereocenters. The number of benzene rings is 1. The summed E-state index contributed by atoms with van der Waals surface area (Å²) < 4.78 is 13.0. The van der Waals surface area contributed by atoms with Crippen molar-refractivity contribution >= 4 is 23.5 Å². The van der Waals surface area contributed by atoms with Gasteiger partial charge >= 0.3 is 5.97 Å². The summed E-state index contributed by atoms with van der Waals surface area (Å²) in [6.45, 7) is 1.11. The lowest BCUT2D eigenvalue weighted by Crippen LogP contribution is -2.43. The number of amides is 2. The van der Waals surface area contributed by atoms with Gasteiger partial charge in [0.05, 0.1) is 11.8 Å². The number of carboxylic acid groups (broad SMARTS) is 1. The number of rotatable bonds is 3. The monoisotopic (exact) mass is 334 g/mol. The zero-order chi connectivity index (χ0) is 17.3. The van der Waals surface area contributed by atoms with E-state index in [1.165, 1.54) is 29.2 Å². The first-order valence-electron chi connectivity index (χ1n) is 8.03. The molecule has 24 heavy (non-hydrogen) atoms. The molecule has 0 spiro atoms. The molecule has 7 heteroatoms. The van der Waals surface area contributed by atoms with Crippen molar-refractivity contribution in [2.24, 2.45) is 11.8 Å². The van der Waals surface area contributed by atoms with Crippen molar-refractivity contribution in [3.05, 3.63) is 30.1 Å². The Kier molecular flexibility index (Phi) is 4.51. The average molecular weight is 334 g/mol. The summed E-state index contributed by atoms with van der Waals surface area (Å²) in [5, 5.41) is 9.01. The quantitative estimate of drug-likeness (QED) is 0.909. The van der Waals surface area contributed by atoms with Gasteiger partial charge in [-0.2, -0.15) is 0 Å².